The van der Waals surface area contributed by atoms with Gasteiger partial charge in [-0.1, -0.05) is 6.07 Å². The minimum absolute atomic E-state index is 0.187. The van der Waals surface area contributed by atoms with Crippen LogP contribution in [0.25, 0.3) is 11.1 Å². The van der Waals surface area contributed by atoms with Gasteiger partial charge in [0.25, 0.3) is 0 Å². The topological polar surface area (TPSA) is 116 Å². The van der Waals surface area contributed by atoms with Crippen molar-refractivity contribution in [3.05, 3.63) is 34.3 Å². The van der Waals surface area contributed by atoms with Crippen molar-refractivity contribution in [3.63, 3.8) is 0 Å². The zero-order valence-corrected chi connectivity index (χ0v) is 10.0. The van der Waals surface area contributed by atoms with Crippen molar-refractivity contribution in [1.82, 2.24) is 10.3 Å². The number of H-pyrrole nitrogens is 1. The maximum atomic E-state index is 11.0. The molecule has 2 aromatic rings. The number of nitrogens with one attached hydrogen (secondary N) is 2. The number of aromatic nitrogens is 1. The van der Waals surface area contributed by atoms with E-state index in [9.17, 15) is 14.7 Å². The number of oxazole rings is 1. The van der Waals surface area contributed by atoms with E-state index in [1.807, 2.05) is 0 Å². The normalized spacial score (nSPS) is 12.7. The van der Waals surface area contributed by atoms with Crippen LogP contribution in [0.4, 0.5) is 0 Å². The number of aliphatic carboxylic acids is 1. The summed E-state index contributed by atoms with van der Waals surface area (Å²) in [6, 6.07) is 5.23. The molecule has 0 saturated heterocycles. The lowest BCUT2D eigenvalue weighted by molar-refractivity contribution is -0.139. The van der Waals surface area contributed by atoms with Gasteiger partial charge in [-0.25, -0.2) is 4.79 Å². The highest BCUT2D eigenvalue weighted by Crippen LogP contribution is 2.11. The van der Waals surface area contributed by atoms with E-state index in [0.29, 0.717) is 17.6 Å². The second kappa shape index (κ2) is 5.68. The summed E-state index contributed by atoms with van der Waals surface area (Å²) in [7, 11) is 0. The van der Waals surface area contributed by atoms with E-state index < -0.39 is 17.8 Å². The van der Waals surface area contributed by atoms with Gasteiger partial charge in [0.2, 0.25) is 0 Å². The van der Waals surface area contributed by atoms with E-state index in [1.54, 1.807) is 18.2 Å². The molecule has 0 aliphatic heterocycles. The number of aliphatic hydroxyl groups excluding tert-OH is 1. The molecule has 0 bridgehead atoms. The minimum Gasteiger partial charge on any atom is -0.481 e. The Bertz CT molecular complexity index is 630. The van der Waals surface area contributed by atoms with Gasteiger partial charge in [0.15, 0.2) is 5.58 Å². The Morgan fingerprint density at radius 2 is 2.26 bits per heavy atom. The van der Waals surface area contributed by atoms with Gasteiger partial charge in [0.1, 0.15) is 0 Å². The number of carboxylic acid groups (broad SMARTS) is 1. The smallest absolute Gasteiger partial charge is 0.417 e. The largest absolute Gasteiger partial charge is 0.481 e. The van der Waals surface area contributed by atoms with Gasteiger partial charge in [0, 0.05) is 13.1 Å². The molecule has 1 heterocycles. The summed E-state index contributed by atoms with van der Waals surface area (Å²) in [6.07, 6.45) is -1.21. The maximum Gasteiger partial charge on any atom is 0.417 e. The monoisotopic (exact) mass is 266 g/mol. The third-order valence-corrected chi connectivity index (χ3v) is 2.60. The fourth-order valence-corrected chi connectivity index (χ4v) is 1.77. The number of aliphatic hydroxyl groups is 1. The highest BCUT2D eigenvalue weighted by atomic mass is 16.4. The molecule has 0 aliphatic carbocycles. The molecule has 0 aliphatic rings. The van der Waals surface area contributed by atoms with Crippen molar-refractivity contribution in [2.75, 3.05) is 6.54 Å². The number of benzene rings is 1. The van der Waals surface area contributed by atoms with E-state index in [2.05, 4.69) is 10.3 Å². The summed E-state index contributed by atoms with van der Waals surface area (Å²) < 4.78 is 4.87. The van der Waals surface area contributed by atoms with Crippen LogP contribution in [0.1, 0.15) is 12.0 Å². The fraction of sp³-hybridized carbons (Fsp3) is 0.333. The average molecular weight is 266 g/mol. The summed E-state index contributed by atoms with van der Waals surface area (Å²) in [5, 5.41) is 20.8. The first-order valence-corrected chi connectivity index (χ1v) is 5.77. The van der Waals surface area contributed by atoms with Crippen molar-refractivity contribution < 1.29 is 19.4 Å². The van der Waals surface area contributed by atoms with Crippen LogP contribution in [0.3, 0.4) is 0 Å². The van der Waals surface area contributed by atoms with Crippen LogP contribution in [0.15, 0.2) is 27.4 Å². The summed E-state index contributed by atoms with van der Waals surface area (Å²) in [4.78, 5) is 23.9. The quantitative estimate of drug-likeness (QED) is 0.587. The number of hydrogen-bond donors (Lipinski definition) is 4. The van der Waals surface area contributed by atoms with Gasteiger partial charge in [-0.3, -0.25) is 9.78 Å². The van der Waals surface area contributed by atoms with Gasteiger partial charge >= 0.3 is 11.7 Å². The SMILES string of the molecule is O=C(O)CC(O)CNCc1ccc2oc(=O)[nH]c2c1. The van der Waals surface area contributed by atoms with Crippen molar-refractivity contribution >= 4 is 17.1 Å². The molecule has 1 atom stereocenters. The van der Waals surface area contributed by atoms with Gasteiger partial charge in [-0.05, 0) is 17.7 Å². The standard InChI is InChI=1S/C12H14N2O5/c15-8(4-11(16)17)6-13-5-7-1-2-10-9(3-7)14-12(18)19-10/h1-3,8,13,15H,4-6H2,(H,14,18)(H,16,17). The molecule has 0 saturated carbocycles. The molecule has 2 rings (SSSR count). The number of aromatic amines is 1. The van der Waals surface area contributed by atoms with E-state index in [4.69, 9.17) is 9.52 Å². The van der Waals surface area contributed by atoms with Crippen molar-refractivity contribution in [2.45, 2.75) is 19.1 Å². The third-order valence-electron chi connectivity index (χ3n) is 2.60. The fourth-order valence-electron chi connectivity index (χ4n) is 1.77. The van der Waals surface area contributed by atoms with Crippen LogP contribution in [0, 0.1) is 0 Å². The highest BCUT2D eigenvalue weighted by molar-refractivity contribution is 5.72. The maximum absolute atomic E-state index is 11.0. The number of fused-ring (bicyclic) bond motifs is 1. The van der Waals surface area contributed by atoms with Crippen LogP contribution in [0.2, 0.25) is 0 Å². The Balaban J connectivity index is 1.91. The van der Waals surface area contributed by atoms with E-state index in [0.717, 1.165) is 5.56 Å². The number of hydrogen-bond acceptors (Lipinski definition) is 5. The molecule has 7 nitrogen and oxygen atoms in total. The molecule has 0 amide bonds. The van der Waals surface area contributed by atoms with Crippen LogP contribution >= 0.6 is 0 Å². The zero-order valence-electron chi connectivity index (χ0n) is 10.0. The molecule has 102 valence electrons. The Labute approximate surface area is 107 Å². The minimum atomic E-state index is -1.04. The second-order valence-electron chi connectivity index (χ2n) is 4.23. The van der Waals surface area contributed by atoms with Crippen LogP contribution in [-0.4, -0.2) is 33.8 Å². The third kappa shape index (κ3) is 3.67. The average Bonchev–Trinajstić information content (AvgIpc) is 2.67. The van der Waals surface area contributed by atoms with Gasteiger partial charge in [0.05, 0.1) is 18.0 Å². The Morgan fingerprint density at radius 1 is 1.47 bits per heavy atom. The van der Waals surface area contributed by atoms with Crippen molar-refractivity contribution in [1.29, 1.82) is 0 Å². The van der Waals surface area contributed by atoms with Crippen LogP contribution in [0.5, 0.6) is 0 Å². The molecule has 1 unspecified atom stereocenters. The molecule has 1 aromatic carbocycles. The zero-order chi connectivity index (χ0) is 13.8. The van der Waals surface area contributed by atoms with E-state index >= 15 is 0 Å². The Morgan fingerprint density at radius 3 is 3.00 bits per heavy atom. The molecular formula is C12H14N2O5. The molecular weight excluding hydrogens is 252 g/mol. The molecule has 7 heteroatoms. The summed E-state index contributed by atoms with van der Waals surface area (Å²) in [6.45, 7) is 0.645. The Kier molecular flexibility index (Phi) is 3.98. The van der Waals surface area contributed by atoms with Gasteiger partial charge in [-0.2, -0.15) is 0 Å². The van der Waals surface area contributed by atoms with Crippen LogP contribution < -0.4 is 11.1 Å². The van der Waals surface area contributed by atoms with E-state index in [-0.39, 0.29) is 13.0 Å². The number of carboxylic acids is 1. The van der Waals surface area contributed by atoms with Crippen molar-refractivity contribution in [2.24, 2.45) is 0 Å². The second-order valence-corrected chi connectivity index (χ2v) is 4.23. The summed E-state index contributed by atoms with van der Waals surface area (Å²) in [5.74, 6) is -1.54. The molecule has 19 heavy (non-hydrogen) atoms. The first-order chi connectivity index (χ1) is 9.04. The van der Waals surface area contributed by atoms with Crippen LogP contribution in [-0.2, 0) is 11.3 Å². The van der Waals surface area contributed by atoms with Crippen molar-refractivity contribution in [3.8, 4) is 0 Å². The molecule has 0 fully saturated rings. The molecule has 0 radical (unpaired) electrons. The van der Waals surface area contributed by atoms with Gasteiger partial charge in [-0.15, -0.1) is 0 Å². The predicted molar refractivity (Wildman–Crippen MR) is 66.8 cm³/mol. The Hall–Kier alpha value is -2.12. The molecule has 4 N–H and O–H groups in total. The highest BCUT2D eigenvalue weighted by Gasteiger charge is 2.08. The first kappa shape index (κ1) is 13.3. The lowest BCUT2D eigenvalue weighted by Gasteiger charge is -2.09. The molecule has 1 aromatic heterocycles. The first-order valence-electron chi connectivity index (χ1n) is 5.77. The van der Waals surface area contributed by atoms with E-state index in [1.165, 1.54) is 0 Å². The molecule has 0 spiro atoms. The predicted octanol–water partition coefficient (Wildman–Crippen LogP) is 0.0463. The lowest BCUT2D eigenvalue weighted by Crippen LogP contribution is -2.28. The number of rotatable bonds is 6. The summed E-state index contributed by atoms with van der Waals surface area (Å²) in [5.41, 5.74) is 1.99. The lowest BCUT2D eigenvalue weighted by atomic mass is 10.2. The van der Waals surface area contributed by atoms with Gasteiger partial charge < -0.3 is 19.9 Å². The summed E-state index contributed by atoms with van der Waals surface area (Å²) >= 11 is 0. The number of carbonyl (C=O) groups is 1.